The average molecular weight is 389 g/mol. The van der Waals surface area contributed by atoms with Gasteiger partial charge in [-0.25, -0.2) is 14.5 Å². The van der Waals surface area contributed by atoms with E-state index >= 15 is 0 Å². The van der Waals surface area contributed by atoms with Crippen molar-refractivity contribution in [3.05, 3.63) is 65.3 Å². The molecular formula is C18H10F3N3O2S. The van der Waals surface area contributed by atoms with Crippen LogP contribution in [0.1, 0.15) is 16.2 Å². The summed E-state index contributed by atoms with van der Waals surface area (Å²) in [6.45, 7) is 0. The Balaban J connectivity index is 1.93. The zero-order valence-corrected chi connectivity index (χ0v) is 14.3. The van der Waals surface area contributed by atoms with Gasteiger partial charge < -0.3 is 5.11 Å². The fourth-order valence-electron chi connectivity index (χ4n) is 2.77. The second-order valence-corrected chi connectivity index (χ2v) is 6.51. The van der Waals surface area contributed by atoms with Crippen molar-refractivity contribution in [3.63, 3.8) is 0 Å². The van der Waals surface area contributed by atoms with Crippen LogP contribution in [0.15, 0.2) is 53.9 Å². The molecule has 2 aromatic carbocycles. The smallest absolute Gasteiger partial charge is 0.433 e. The molecule has 0 spiro atoms. The third kappa shape index (κ3) is 3.06. The van der Waals surface area contributed by atoms with Gasteiger partial charge in [-0.3, -0.25) is 0 Å². The highest BCUT2D eigenvalue weighted by Gasteiger charge is 2.37. The van der Waals surface area contributed by atoms with Crippen LogP contribution in [-0.2, 0) is 6.18 Å². The van der Waals surface area contributed by atoms with Gasteiger partial charge in [-0.15, -0.1) is 11.3 Å². The van der Waals surface area contributed by atoms with Crippen LogP contribution in [0.2, 0.25) is 0 Å². The number of rotatable bonds is 3. The van der Waals surface area contributed by atoms with Crippen molar-refractivity contribution in [2.24, 2.45) is 0 Å². The summed E-state index contributed by atoms with van der Waals surface area (Å²) >= 11 is 0.782. The van der Waals surface area contributed by atoms with Crippen LogP contribution in [0.25, 0.3) is 27.2 Å². The van der Waals surface area contributed by atoms with E-state index in [0.717, 1.165) is 28.2 Å². The second kappa shape index (κ2) is 6.20. The van der Waals surface area contributed by atoms with Crippen molar-refractivity contribution < 1.29 is 23.1 Å². The molecule has 0 saturated carbocycles. The molecule has 1 N–H and O–H groups in total. The van der Waals surface area contributed by atoms with Crippen molar-refractivity contribution in [3.8, 4) is 16.4 Å². The molecule has 0 aliphatic rings. The predicted molar refractivity (Wildman–Crippen MR) is 94.1 cm³/mol. The zero-order valence-electron chi connectivity index (χ0n) is 13.4. The number of fused-ring (bicyclic) bond motifs is 1. The summed E-state index contributed by atoms with van der Waals surface area (Å²) in [6, 6.07) is 13.6. The summed E-state index contributed by atoms with van der Waals surface area (Å²) < 4.78 is 41.3. The molecule has 0 bridgehead atoms. The maximum absolute atomic E-state index is 13.5. The minimum atomic E-state index is -4.68. The molecule has 2 aromatic heterocycles. The van der Waals surface area contributed by atoms with Crippen molar-refractivity contribution >= 4 is 28.1 Å². The molecule has 0 fully saturated rings. The Morgan fingerprint density at radius 3 is 2.56 bits per heavy atom. The number of aromatic nitrogens is 3. The minimum absolute atomic E-state index is 0.131. The van der Waals surface area contributed by atoms with Crippen molar-refractivity contribution in [1.29, 1.82) is 0 Å². The first-order valence-electron chi connectivity index (χ1n) is 7.69. The van der Waals surface area contributed by atoms with Crippen LogP contribution in [0.3, 0.4) is 0 Å². The van der Waals surface area contributed by atoms with E-state index in [1.165, 1.54) is 5.38 Å². The molecule has 0 amide bonds. The van der Waals surface area contributed by atoms with Crippen molar-refractivity contribution in [2.45, 2.75) is 6.18 Å². The van der Waals surface area contributed by atoms with Crippen molar-refractivity contribution in [2.75, 3.05) is 0 Å². The number of carbonyl (C=O) groups is 1. The van der Waals surface area contributed by atoms with Crippen LogP contribution in [0, 0.1) is 0 Å². The molecule has 0 aliphatic heterocycles. The Morgan fingerprint density at radius 2 is 1.85 bits per heavy atom. The Bertz CT molecular complexity index is 1160. The van der Waals surface area contributed by atoms with E-state index in [1.54, 1.807) is 18.2 Å². The Kier molecular flexibility index (Phi) is 3.96. The SMILES string of the molecule is O=C(O)c1csc(-n2nc(-c3cccc4ccccc34)cc2C(F)(F)F)n1. The Labute approximate surface area is 154 Å². The monoisotopic (exact) mass is 389 g/mol. The summed E-state index contributed by atoms with van der Waals surface area (Å²) in [5.41, 5.74) is -0.666. The number of hydrogen-bond acceptors (Lipinski definition) is 4. The summed E-state index contributed by atoms with van der Waals surface area (Å²) in [4.78, 5) is 14.7. The summed E-state index contributed by atoms with van der Waals surface area (Å²) in [5, 5.41) is 15.7. The lowest BCUT2D eigenvalue weighted by Crippen LogP contribution is -2.13. The van der Waals surface area contributed by atoms with Gasteiger partial charge in [-0.1, -0.05) is 42.5 Å². The number of aromatic carboxylic acids is 1. The first-order chi connectivity index (χ1) is 12.8. The van der Waals surface area contributed by atoms with Crippen LogP contribution < -0.4 is 0 Å². The third-order valence-corrected chi connectivity index (χ3v) is 4.77. The van der Waals surface area contributed by atoms with Gasteiger partial charge in [0.15, 0.2) is 11.4 Å². The van der Waals surface area contributed by atoms with E-state index in [9.17, 15) is 18.0 Å². The normalized spacial score (nSPS) is 11.8. The lowest BCUT2D eigenvalue weighted by atomic mass is 10.0. The van der Waals surface area contributed by atoms with Crippen LogP contribution >= 0.6 is 11.3 Å². The molecule has 0 atom stereocenters. The highest BCUT2D eigenvalue weighted by molar-refractivity contribution is 7.12. The average Bonchev–Trinajstić information content (AvgIpc) is 3.28. The number of carboxylic acids is 1. The van der Waals surface area contributed by atoms with Crippen molar-refractivity contribution in [1.82, 2.24) is 14.8 Å². The van der Waals surface area contributed by atoms with Gasteiger partial charge in [0.2, 0.25) is 5.13 Å². The molecule has 9 heteroatoms. The summed E-state index contributed by atoms with van der Waals surface area (Å²) in [6.07, 6.45) is -4.68. The predicted octanol–water partition coefficient (Wildman–Crippen LogP) is 4.87. The standard InChI is InChI=1S/C18H10F3N3O2S/c19-18(20,21)15-8-13(12-7-3-5-10-4-1-2-6-11(10)12)23-24(15)17-22-14(9-27-17)16(25)26/h1-9H,(H,25,26). The highest BCUT2D eigenvalue weighted by atomic mass is 32.1. The molecular weight excluding hydrogens is 379 g/mol. The maximum Gasteiger partial charge on any atom is 0.433 e. The van der Waals surface area contributed by atoms with E-state index in [4.69, 9.17) is 5.11 Å². The molecule has 0 unspecified atom stereocenters. The molecule has 4 rings (SSSR count). The molecule has 2 heterocycles. The fraction of sp³-hybridized carbons (Fsp3) is 0.0556. The van der Waals surface area contributed by atoms with Gasteiger partial charge >= 0.3 is 12.1 Å². The maximum atomic E-state index is 13.5. The number of hydrogen-bond donors (Lipinski definition) is 1. The first-order valence-corrected chi connectivity index (χ1v) is 8.57. The number of alkyl halides is 3. The quantitative estimate of drug-likeness (QED) is 0.543. The highest BCUT2D eigenvalue weighted by Crippen LogP contribution is 2.36. The number of nitrogens with zero attached hydrogens (tertiary/aromatic N) is 3. The Morgan fingerprint density at radius 1 is 1.11 bits per heavy atom. The van der Waals surface area contributed by atoms with Gasteiger partial charge in [0.05, 0.1) is 5.69 Å². The number of carboxylic acid groups (broad SMARTS) is 1. The first kappa shape index (κ1) is 17.2. The number of benzene rings is 2. The zero-order chi connectivity index (χ0) is 19.2. The van der Waals surface area contributed by atoms with Gasteiger partial charge in [-0.05, 0) is 16.8 Å². The van der Waals surface area contributed by atoms with Gasteiger partial charge in [0, 0.05) is 10.9 Å². The minimum Gasteiger partial charge on any atom is -0.476 e. The molecule has 136 valence electrons. The number of thiazole rings is 1. The van der Waals surface area contributed by atoms with Crippen LogP contribution in [0.4, 0.5) is 13.2 Å². The lowest BCUT2D eigenvalue weighted by molar-refractivity contribution is -0.142. The van der Waals surface area contributed by atoms with E-state index in [0.29, 0.717) is 10.2 Å². The Hall–Kier alpha value is -3.20. The molecule has 5 nitrogen and oxygen atoms in total. The fourth-order valence-corrected chi connectivity index (χ4v) is 3.53. The largest absolute Gasteiger partial charge is 0.476 e. The van der Waals surface area contributed by atoms with Gasteiger partial charge in [0.1, 0.15) is 0 Å². The molecule has 4 aromatic rings. The lowest BCUT2D eigenvalue weighted by Gasteiger charge is -2.06. The molecule has 27 heavy (non-hydrogen) atoms. The van der Waals surface area contributed by atoms with Gasteiger partial charge in [0.25, 0.3) is 0 Å². The topological polar surface area (TPSA) is 68.0 Å². The molecule has 0 radical (unpaired) electrons. The van der Waals surface area contributed by atoms with E-state index in [1.807, 2.05) is 24.3 Å². The van der Waals surface area contributed by atoms with E-state index in [2.05, 4.69) is 10.1 Å². The molecule has 0 saturated heterocycles. The summed E-state index contributed by atoms with van der Waals surface area (Å²) in [5.74, 6) is -1.31. The summed E-state index contributed by atoms with van der Waals surface area (Å²) in [7, 11) is 0. The van der Waals surface area contributed by atoms with Crippen LogP contribution in [0.5, 0.6) is 0 Å². The third-order valence-electron chi connectivity index (χ3n) is 3.96. The molecule has 0 aliphatic carbocycles. The van der Waals surface area contributed by atoms with Crippen LogP contribution in [-0.4, -0.2) is 25.8 Å². The van der Waals surface area contributed by atoms with E-state index < -0.39 is 17.8 Å². The number of halogens is 3. The van der Waals surface area contributed by atoms with E-state index in [-0.39, 0.29) is 16.5 Å². The second-order valence-electron chi connectivity index (χ2n) is 5.67. The van der Waals surface area contributed by atoms with Gasteiger partial charge in [-0.2, -0.15) is 18.3 Å².